The van der Waals surface area contributed by atoms with E-state index >= 15 is 0 Å². The Bertz CT molecular complexity index is 1140. The van der Waals surface area contributed by atoms with Gasteiger partial charge in [0.2, 0.25) is 0 Å². The predicted octanol–water partition coefficient (Wildman–Crippen LogP) is 3.70. The molecule has 1 atom stereocenters. The first-order chi connectivity index (χ1) is 14.7. The van der Waals surface area contributed by atoms with Gasteiger partial charge in [0.15, 0.2) is 0 Å². The van der Waals surface area contributed by atoms with Gasteiger partial charge in [0.1, 0.15) is 35.6 Å². The van der Waals surface area contributed by atoms with Gasteiger partial charge in [-0.05, 0) is 37.3 Å². The van der Waals surface area contributed by atoms with Crippen LogP contribution in [0.25, 0.3) is 0 Å². The lowest BCUT2D eigenvalue weighted by atomic mass is 9.90. The number of nitriles is 1. The van der Waals surface area contributed by atoms with E-state index in [2.05, 4.69) is 15.3 Å². The number of hydrogen-bond donors (Lipinski definition) is 2. The number of aromatic nitrogens is 1. The van der Waals surface area contributed by atoms with E-state index in [0.29, 0.717) is 0 Å². The Morgan fingerprint density at radius 2 is 2.13 bits per heavy atom. The maximum absolute atomic E-state index is 14.5. The molecule has 7 nitrogen and oxygen atoms in total. The lowest BCUT2D eigenvalue weighted by Crippen LogP contribution is -2.31. The number of nitrogens with two attached hydrogens (primary N) is 1. The molecule has 1 amide bonds. The zero-order valence-corrected chi connectivity index (χ0v) is 16.0. The fourth-order valence-corrected chi connectivity index (χ4v) is 3.05. The average molecular weight is 433 g/mol. The second kappa shape index (κ2) is 8.43. The summed E-state index contributed by atoms with van der Waals surface area (Å²) in [5.74, 6) is -1.87. The molecule has 1 aliphatic heterocycles. The van der Waals surface area contributed by atoms with Crippen molar-refractivity contribution >= 4 is 17.6 Å². The number of amidine groups is 1. The van der Waals surface area contributed by atoms with Crippen molar-refractivity contribution in [3.8, 4) is 6.07 Å². The highest BCUT2D eigenvalue weighted by Crippen LogP contribution is 2.35. The Labute approximate surface area is 173 Å². The Balaban J connectivity index is 1.97. The van der Waals surface area contributed by atoms with Gasteiger partial charge >= 0.3 is 0 Å². The molecule has 0 radical (unpaired) electrons. The number of halogens is 4. The predicted molar refractivity (Wildman–Crippen MR) is 102 cm³/mol. The molecular weight excluding hydrogens is 418 g/mol. The monoisotopic (exact) mass is 433 g/mol. The second-order valence-electron chi connectivity index (χ2n) is 6.67. The van der Waals surface area contributed by atoms with Gasteiger partial charge in [0.25, 0.3) is 18.4 Å². The fraction of sp³-hybridized carbons (Fsp3) is 0.200. The van der Waals surface area contributed by atoms with Crippen molar-refractivity contribution in [1.82, 2.24) is 4.98 Å². The van der Waals surface area contributed by atoms with Crippen LogP contribution in [0.4, 0.5) is 23.2 Å². The SMILES string of the molecule is C[C@@]1(c2cc(NC(=O)c3ncc(C#N)cc3C(F)F)ccc2F)C=C(CF)OC(N)=N1. The molecular formula is C20H15F4N5O2. The summed E-state index contributed by atoms with van der Waals surface area (Å²) in [5, 5.41) is 11.2. The molecule has 0 bridgehead atoms. The first kappa shape index (κ1) is 21.8. The number of rotatable bonds is 5. The third kappa shape index (κ3) is 4.48. The van der Waals surface area contributed by atoms with Crippen molar-refractivity contribution in [2.75, 3.05) is 12.0 Å². The van der Waals surface area contributed by atoms with Crippen LogP contribution in [-0.4, -0.2) is 23.6 Å². The van der Waals surface area contributed by atoms with Gasteiger partial charge in [-0.1, -0.05) is 0 Å². The van der Waals surface area contributed by atoms with Gasteiger partial charge in [-0.25, -0.2) is 27.5 Å². The van der Waals surface area contributed by atoms with E-state index in [1.54, 1.807) is 6.07 Å². The number of hydrogen-bond acceptors (Lipinski definition) is 6. The molecule has 31 heavy (non-hydrogen) atoms. The number of anilines is 1. The van der Waals surface area contributed by atoms with Crippen molar-refractivity contribution < 1.29 is 27.1 Å². The molecule has 3 rings (SSSR count). The standard InChI is InChI=1S/C20H15F4N5O2/c1-20(6-12(7-21)31-19(26)29-20)14-5-11(2-3-15(14)22)28-18(30)16-13(17(23)24)4-10(8-25)9-27-16/h2-6,9,17H,7H2,1H3,(H2,26,29)(H,28,30)/t20-/m0/s1. The van der Waals surface area contributed by atoms with E-state index in [1.807, 2.05) is 0 Å². The van der Waals surface area contributed by atoms with E-state index in [4.69, 9.17) is 15.7 Å². The molecule has 0 saturated carbocycles. The van der Waals surface area contributed by atoms with Crippen LogP contribution in [0.1, 0.15) is 40.5 Å². The number of alkyl halides is 3. The lowest BCUT2D eigenvalue weighted by molar-refractivity contribution is 0.100. The van der Waals surface area contributed by atoms with Crippen molar-refractivity contribution in [3.63, 3.8) is 0 Å². The quantitative estimate of drug-likeness (QED) is 0.698. The summed E-state index contributed by atoms with van der Waals surface area (Å²) in [5.41, 5.74) is 2.66. The van der Waals surface area contributed by atoms with Crippen LogP contribution in [0.15, 0.2) is 47.3 Å². The van der Waals surface area contributed by atoms with Crippen LogP contribution < -0.4 is 11.1 Å². The molecule has 160 valence electrons. The molecule has 3 N–H and O–H groups in total. The zero-order valence-electron chi connectivity index (χ0n) is 16.0. The molecule has 11 heteroatoms. The minimum Gasteiger partial charge on any atom is -0.428 e. The Hall–Kier alpha value is -3.94. The van der Waals surface area contributed by atoms with Crippen LogP contribution in [0, 0.1) is 17.1 Å². The van der Waals surface area contributed by atoms with Crippen molar-refractivity contribution in [2.45, 2.75) is 18.9 Å². The molecule has 2 heterocycles. The van der Waals surface area contributed by atoms with Gasteiger partial charge in [-0.15, -0.1) is 0 Å². The third-order valence-corrected chi connectivity index (χ3v) is 4.42. The molecule has 2 aromatic rings. The molecule has 1 aliphatic rings. The number of nitrogens with one attached hydrogen (secondary N) is 1. The van der Waals surface area contributed by atoms with Gasteiger partial charge in [-0.2, -0.15) is 5.26 Å². The third-order valence-electron chi connectivity index (χ3n) is 4.42. The first-order valence-corrected chi connectivity index (χ1v) is 8.77. The molecule has 0 spiro atoms. The molecule has 0 aliphatic carbocycles. The Kier molecular flexibility index (Phi) is 5.92. The lowest BCUT2D eigenvalue weighted by Gasteiger charge is -2.28. The maximum atomic E-state index is 14.5. The number of allylic oxidation sites excluding steroid dienone is 1. The highest BCUT2D eigenvalue weighted by molar-refractivity contribution is 6.04. The zero-order chi connectivity index (χ0) is 22.8. The number of carbonyl (C=O) groups is 1. The second-order valence-corrected chi connectivity index (χ2v) is 6.67. The van der Waals surface area contributed by atoms with Crippen molar-refractivity contribution in [2.24, 2.45) is 10.7 Å². The van der Waals surface area contributed by atoms with Crippen molar-refractivity contribution in [3.05, 3.63) is 70.5 Å². The minimum atomic E-state index is -3.05. The van der Waals surface area contributed by atoms with Crippen LogP contribution in [0.2, 0.25) is 0 Å². The average Bonchev–Trinajstić information content (AvgIpc) is 2.73. The van der Waals surface area contributed by atoms with E-state index in [9.17, 15) is 22.4 Å². The number of carbonyl (C=O) groups excluding carboxylic acids is 1. The van der Waals surface area contributed by atoms with E-state index in [0.717, 1.165) is 18.3 Å². The van der Waals surface area contributed by atoms with Crippen LogP contribution in [-0.2, 0) is 10.3 Å². The first-order valence-electron chi connectivity index (χ1n) is 8.77. The van der Waals surface area contributed by atoms with Crippen LogP contribution >= 0.6 is 0 Å². The van der Waals surface area contributed by atoms with Crippen LogP contribution in [0.5, 0.6) is 0 Å². The number of pyridine rings is 1. The number of ether oxygens (including phenoxy) is 1. The van der Waals surface area contributed by atoms with Gasteiger partial charge in [0.05, 0.1) is 11.1 Å². The van der Waals surface area contributed by atoms with Crippen LogP contribution in [0.3, 0.4) is 0 Å². The van der Waals surface area contributed by atoms with Gasteiger partial charge in [-0.3, -0.25) is 4.79 Å². The normalized spacial score (nSPS) is 18.0. The summed E-state index contributed by atoms with van der Waals surface area (Å²) in [6.45, 7) is 0.462. The smallest absolute Gasteiger partial charge is 0.288 e. The molecule has 0 saturated heterocycles. The number of amides is 1. The van der Waals surface area contributed by atoms with Gasteiger partial charge < -0.3 is 15.8 Å². The molecule has 0 unspecified atom stereocenters. The van der Waals surface area contributed by atoms with Crippen molar-refractivity contribution in [1.29, 1.82) is 5.26 Å². The Morgan fingerprint density at radius 1 is 1.39 bits per heavy atom. The molecule has 1 aromatic carbocycles. The summed E-state index contributed by atoms with van der Waals surface area (Å²) in [6.07, 6.45) is -0.821. The maximum Gasteiger partial charge on any atom is 0.288 e. The number of nitrogens with zero attached hydrogens (tertiary/aromatic N) is 3. The van der Waals surface area contributed by atoms with E-state index in [-0.39, 0.29) is 28.6 Å². The van der Waals surface area contributed by atoms with E-state index in [1.165, 1.54) is 25.1 Å². The van der Waals surface area contributed by atoms with Gasteiger partial charge in [0, 0.05) is 17.4 Å². The summed E-state index contributed by atoms with van der Waals surface area (Å²) in [4.78, 5) is 20.2. The molecule has 1 aromatic heterocycles. The highest BCUT2D eigenvalue weighted by atomic mass is 19.3. The minimum absolute atomic E-state index is 0.0458. The summed E-state index contributed by atoms with van der Waals surface area (Å²) < 4.78 is 59.1. The van der Waals surface area contributed by atoms with E-state index < -0.39 is 41.6 Å². The fourth-order valence-electron chi connectivity index (χ4n) is 3.05. The highest BCUT2D eigenvalue weighted by Gasteiger charge is 2.32. The number of aliphatic imine (C=N–C) groups is 1. The number of benzene rings is 1. The summed E-state index contributed by atoms with van der Waals surface area (Å²) in [7, 11) is 0. The molecule has 0 fully saturated rings. The summed E-state index contributed by atoms with van der Waals surface area (Å²) >= 11 is 0. The largest absolute Gasteiger partial charge is 0.428 e. The Morgan fingerprint density at radius 3 is 2.77 bits per heavy atom. The topological polar surface area (TPSA) is 113 Å². The summed E-state index contributed by atoms with van der Waals surface area (Å²) in [6, 6.07) is 5.62.